The average molecular weight is 292 g/mol. The van der Waals surface area contributed by atoms with E-state index in [4.69, 9.17) is 21.4 Å². The van der Waals surface area contributed by atoms with Crippen molar-refractivity contribution in [2.24, 2.45) is 0 Å². The third kappa shape index (κ3) is 3.95. The number of benzene rings is 1. The zero-order valence-electron chi connectivity index (χ0n) is 10.4. The Kier molecular flexibility index (Phi) is 4.94. The molecule has 0 aliphatic carbocycles. The molecule has 2 aromatic rings. The van der Waals surface area contributed by atoms with Gasteiger partial charge in [-0.2, -0.15) is 0 Å². The summed E-state index contributed by atoms with van der Waals surface area (Å²) in [6.07, 6.45) is 3.12. The summed E-state index contributed by atoms with van der Waals surface area (Å²) >= 11 is 5.69. The average Bonchev–Trinajstić information content (AvgIpc) is 2.47. The molecule has 0 unspecified atom stereocenters. The second-order valence-corrected chi connectivity index (χ2v) is 4.31. The van der Waals surface area contributed by atoms with E-state index < -0.39 is 5.82 Å². The third-order valence-corrected chi connectivity index (χ3v) is 2.70. The highest BCUT2D eigenvalue weighted by molar-refractivity contribution is 6.30. The molecule has 20 heavy (non-hydrogen) atoms. The molecule has 0 saturated carbocycles. The molecule has 2 rings (SSSR count). The number of nitrogens with zero attached hydrogens (tertiary/aromatic N) is 1. The zero-order valence-corrected chi connectivity index (χ0v) is 11.2. The van der Waals surface area contributed by atoms with Gasteiger partial charge in [0.2, 0.25) is 0 Å². The first kappa shape index (κ1) is 14.3. The summed E-state index contributed by atoms with van der Waals surface area (Å²) in [5.74, 6) is 5.34. The number of halogens is 2. The van der Waals surface area contributed by atoms with Gasteiger partial charge in [0, 0.05) is 11.8 Å². The lowest BCUT2D eigenvalue weighted by Gasteiger charge is -2.06. The molecule has 0 saturated heterocycles. The SMILES string of the molecule is OCC#Cc1cncc(OCc2ccc(F)c(Cl)c2)c1. The van der Waals surface area contributed by atoms with E-state index in [1.807, 2.05) is 0 Å². The van der Waals surface area contributed by atoms with Gasteiger partial charge in [0.1, 0.15) is 24.8 Å². The summed E-state index contributed by atoms with van der Waals surface area (Å²) in [5, 5.41) is 8.69. The molecule has 0 bridgehead atoms. The van der Waals surface area contributed by atoms with Crippen molar-refractivity contribution >= 4 is 11.6 Å². The molecule has 5 heteroatoms. The van der Waals surface area contributed by atoms with Gasteiger partial charge in [-0.05, 0) is 23.8 Å². The number of ether oxygens (including phenoxy) is 1. The first-order valence-electron chi connectivity index (χ1n) is 5.80. The van der Waals surface area contributed by atoms with Crippen LogP contribution in [0.15, 0.2) is 36.7 Å². The first-order valence-corrected chi connectivity index (χ1v) is 6.18. The second kappa shape index (κ2) is 6.90. The van der Waals surface area contributed by atoms with Crippen LogP contribution in [0, 0.1) is 17.7 Å². The molecule has 3 nitrogen and oxygen atoms in total. The van der Waals surface area contributed by atoms with Gasteiger partial charge in [0.15, 0.2) is 0 Å². The first-order chi connectivity index (χ1) is 9.69. The second-order valence-electron chi connectivity index (χ2n) is 3.91. The van der Waals surface area contributed by atoms with Crippen LogP contribution in [0.4, 0.5) is 4.39 Å². The van der Waals surface area contributed by atoms with Crippen LogP contribution in [0.25, 0.3) is 0 Å². The Morgan fingerprint density at radius 2 is 2.15 bits per heavy atom. The van der Waals surface area contributed by atoms with Crippen LogP contribution in [0.2, 0.25) is 5.02 Å². The van der Waals surface area contributed by atoms with Crippen LogP contribution in [0.1, 0.15) is 11.1 Å². The molecule has 0 fully saturated rings. The fraction of sp³-hybridized carbons (Fsp3) is 0.133. The monoisotopic (exact) mass is 291 g/mol. The maximum Gasteiger partial charge on any atom is 0.141 e. The maximum atomic E-state index is 13.0. The Morgan fingerprint density at radius 3 is 2.90 bits per heavy atom. The van der Waals surface area contributed by atoms with Crippen LogP contribution < -0.4 is 4.74 Å². The molecule has 0 aliphatic heterocycles. The topological polar surface area (TPSA) is 42.4 Å². The molecule has 0 aliphatic rings. The van der Waals surface area contributed by atoms with Crippen molar-refractivity contribution < 1.29 is 14.2 Å². The van der Waals surface area contributed by atoms with E-state index in [9.17, 15) is 4.39 Å². The molecule has 102 valence electrons. The van der Waals surface area contributed by atoms with Crippen molar-refractivity contribution in [3.05, 3.63) is 58.6 Å². The zero-order chi connectivity index (χ0) is 14.4. The minimum absolute atomic E-state index is 0.0618. The standard InChI is InChI=1S/C15H11ClFNO2/c16-14-7-12(3-4-15(14)17)10-20-13-6-11(2-1-5-19)8-18-9-13/h3-4,6-9,19H,5,10H2. The summed E-state index contributed by atoms with van der Waals surface area (Å²) < 4.78 is 18.5. The summed E-state index contributed by atoms with van der Waals surface area (Å²) in [5.41, 5.74) is 1.40. The normalized spacial score (nSPS) is 9.75. The number of pyridine rings is 1. The van der Waals surface area contributed by atoms with Crippen LogP contribution in [0.5, 0.6) is 5.75 Å². The molecular weight excluding hydrogens is 281 g/mol. The lowest BCUT2D eigenvalue weighted by atomic mass is 10.2. The Labute approximate surface area is 121 Å². The number of rotatable bonds is 3. The Bertz CT molecular complexity index is 664. The van der Waals surface area contributed by atoms with Crippen molar-refractivity contribution in [1.82, 2.24) is 4.98 Å². The summed E-state index contributed by atoms with van der Waals surface area (Å²) in [6.45, 7) is 0.0394. The molecule has 1 aromatic carbocycles. The smallest absolute Gasteiger partial charge is 0.141 e. The van der Waals surface area contributed by atoms with Gasteiger partial charge in [-0.3, -0.25) is 4.98 Å². The largest absolute Gasteiger partial charge is 0.487 e. The molecule has 1 aromatic heterocycles. The maximum absolute atomic E-state index is 13.0. The van der Waals surface area contributed by atoms with E-state index >= 15 is 0 Å². The number of aromatic nitrogens is 1. The highest BCUT2D eigenvalue weighted by atomic mass is 35.5. The number of hydrogen-bond donors (Lipinski definition) is 1. The van der Waals surface area contributed by atoms with Gasteiger partial charge in [0.25, 0.3) is 0 Å². The molecule has 0 spiro atoms. The molecule has 0 amide bonds. The summed E-state index contributed by atoms with van der Waals surface area (Å²) in [6, 6.07) is 6.12. The van der Waals surface area contributed by atoms with Gasteiger partial charge in [-0.1, -0.05) is 29.5 Å². The number of hydrogen-bond acceptors (Lipinski definition) is 3. The van der Waals surface area contributed by atoms with Gasteiger partial charge in [-0.25, -0.2) is 4.39 Å². The van der Waals surface area contributed by atoms with Crippen molar-refractivity contribution in [2.75, 3.05) is 6.61 Å². The van der Waals surface area contributed by atoms with Gasteiger partial charge >= 0.3 is 0 Å². The third-order valence-electron chi connectivity index (χ3n) is 2.41. The highest BCUT2D eigenvalue weighted by Crippen LogP contribution is 2.18. The van der Waals surface area contributed by atoms with Crippen LogP contribution in [-0.4, -0.2) is 16.7 Å². The van der Waals surface area contributed by atoms with Gasteiger partial charge in [-0.15, -0.1) is 0 Å². The van der Waals surface area contributed by atoms with Crippen molar-refractivity contribution in [1.29, 1.82) is 0 Å². The molecule has 0 radical (unpaired) electrons. The van der Waals surface area contributed by atoms with E-state index in [0.29, 0.717) is 11.3 Å². The number of aliphatic hydroxyl groups excluding tert-OH is 1. The molecule has 1 N–H and O–H groups in total. The van der Waals surface area contributed by atoms with E-state index in [1.165, 1.54) is 12.1 Å². The molecular formula is C15H11ClFNO2. The van der Waals surface area contributed by atoms with Gasteiger partial charge < -0.3 is 9.84 Å². The van der Waals surface area contributed by atoms with E-state index in [-0.39, 0.29) is 18.2 Å². The fourth-order valence-electron chi connectivity index (χ4n) is 1.50. The number of aliphatic hydroxyl groups is 1. The summed E-state index contributed by atoms with van der Waals surface area (Å²) in [7, 11) is 0. The van der Waals surface area contributed by atoms with E-state index in [1.54, 1.807) is 24.5 Å². The Hall–Kier alpha value is -2.09. The minimum atomic E-state index is -0.460. The lowest BCUT2D eigenvalue weighted by molar-refractivity contribution is 0.304. The van der Waals surface area contributed by atoms with Crippen LogP contribution >= 0.6 is 11.6 Å². The molecule has 1 heterocycles. The highest BCUT2D eigenvalue weighted by Gasteiger charge is 2.02. The van der Waals surface area contributed by atoms with Crippen molar-refractivity contribution in [2.45, 2.75) is 6.61 Å². The predicted molar refractivity (Wildman–Crippen MR) is 73.9 cm³/mol. The van der Waals surface area contributed by atoms with Gasteiger partial charge in [0.05, 0.1) is 11.2 Å². The summed E-state index contributed by atoms with van der Waals surface area (Å²) in [4.78, 5) is 3.99. The minimum Gasteiger partial charge on any atom is -0.487 e. The molecule has 0 atom stereocenters. The Balaban J connectivity index is 2.05. The Morgan fingerprint density at radius 1 is 1.30 bits per heavy atom. The lowest BCUT2D eigenvalue weighted by Crippen LogP contribution is -1.97. The predicted octanol–water partition coefficient (Wildman–Crippen LogP) is 2.80. The van der Waals surface area contributed by atoms with E-state index in [2.05, 4.69) is 16.8 Å². The van der Waals surface area contributed by atoms with Crippen molar-refractivity contribution in [3.8, 4) is 17.6 Å². The van der Waals surface area contributed by atoms with Crippen LogP contribution in [0.3, 0.4) is 0 Å². The van der Waals surface area contributed by atoms with Crippen molar-refractivity contribution in [3.63, 3.8) is 0 Å². The van der Waals surface area contributed by atoms with E-state index in [0.717, 1.165) is 5.56 Å². The fourth-order valence-corrected chi connectivity index (χ4v) is 1.71. The van der Waals surface area contributed by atoms with Crippen LogP contribution in [-0.2, 0) is 6.61 Å². The quantitative estimate of drug-likeness (QED) is 0.884.